The Bertz CT molecular complexity index is 1120. The lowest BCUT2D eigenvalue weighted by atomic mass is 9.82. The molecule has 5 rings (SSSR count). The largest absolute Gasteiger partial charge is 0.486 e. The summed E-state index contributed by atoms with van der Waals surface area (Å²) < 4.78 is 7.66. The van der Waals surface area contributed by atoms with Gasteiger partial charge in [0, 0.05) is 31.0 Å². The average Bonchev–Trinajstić information content (AvgIpc) is 3.13. The molecule has 0 radical (unpaired) electrons. The molecule has 150 valence electrons. The van der Waals surface area contributed by atoms with Gasteiger partial charge in [0.2, 0.25) is 0 Å². The fourth-order valence-corrected chi connectivity index (χ4v) is 5.56. The average molecular weight is 427 g/mol. The minimum absolute atomic E-state index is 0.133. The van der Waals surface area contributed by atoms with Crippen LogP contribution in [-0.2, 0) is 6.42 Å². The van der Waals surface area contributed by atoms with Gasteiger partial charge in [-0.05, 0) is 48.7 Å². The molecule has 0 amide bonds. The summed E-state index contributed by atoms with van der Waals surface area (Å²) in [5.74, 6) is 0.817. The molecule has 4 nitrogen and oxygen atoms in total. The molecular weight excluding hydrogens is 404 g/mol. The van der Waals surface area contributed by atoms with Crippen LogP contribution in [0.25, 0.3) is 10.2 Å². The zero-order chi connectivity index (χ0) is 20.2. The first-order valence-electron chi connectivity index (χ1n) is 10.1. The van der Waals surface area contributed by atoms with Gasteiger partial charge in [-0.25, -0.2) is 4.98 Å². The van der Waals surface area contributed by atoms with Crippen LogP contribution in [0.1, 0.15) is 47.7 Å². The summed E-state index contributed by atoms with van der Waals surface area (Å²) >= 11 is 7.96. The van der Waals surface area contributed by atoms with E-state index in [0.717, 1.165) is 48.6 Å². The van der Waals surface area contributed by atoms with Crippen molar-refractivity contribution in [2.45, 2.75) is 45.1 Å². The first-order chi connectivity index (χ1) is 14.0. The molecule has 3 heterocycles. The van der Waals surface area contributed by atoms with Crippen molar-refractivity contribution in [3.8, 4) is 5.75 Å². The third-order valence-corrected chi connectivity index (χ3v) is 7.65. The van der Waals surface area contributed by atoms with Gasteiger partial charge in [0.25, 0.3) is 0 Å². The maximum absolute atomic E-state index is 12.8. The van der Waals surface area contributed by atoms with E-state index in [1.54, 1.807) is 17.4 Å². The number of aryl methyl sites for hydroxylation is 2. The van der Waals surface area contributed by atoms with Crippen molar-refractivity contribution in [2.75, 3.05) is 18.0 Å². The van der Waals surface area contributed by atoms with Crippen LogP contribution < -0.4 is 9.64 Å². The standard InChI is InChI=1S/C23H23ClN2O2S/c1-3-15-4-5-18-21(11-15)29-22(25-18)26-8-6-23(7-9-26)13-19(27)16-12-17(24)14(2)10-20(16)28-23/h4-5,10-12H,3,6-9,13H2,1-2H3. The van der Waals surface area contributed by atoms with E-state index in [2.05, 4.69) is 30.0 Å². The number of aromatic nitrogens is 1. The second-order valence-corrected chi connectivity index (χ2v) is 9.54. The van der Waals surface area contributed by atoms with Gasteiger partial charge >= 0.3 is 0 Å². The normalized spacial score (nSPS) is 18.2. The Morgan fingerprint density at radius 3 is 2.79 bits per heavy atom. The molecule has 2 aromatic carbocycles. The molecule has 6 heteroatoms. The first-order valence-corrected chi connectivity index (χ1v) is 11.3. The van der Waals surface area contributed by atoms with Crippen molar-refractivity contribution in [1.29, 1.82) is 0 Å². The summed E-state index contributed by atoms with van der Waals surface area (Å²) in [6.07, 6.45) is 3.09. The number of nitrogens with zero attached hydrogens (tertiary/aromatic N) is 2. The predicted molar refractivity (Wildman–Crippen MR) is 119 cm³/mol. The minimum Gasteiger partial charge on any atom is -0.486 e. The summed E-state index contributed by atoms with van der Waals surface area (Å²) in [6.45, 7) is 5.80. The zero-order valence-corrected chi connectivity index (χ0v) is 18.2. The number of Topliss-reactive ketones (excluding diaryl/α,β-unsaturated/α-hetero) is 1. The second-order valence-electron chi connectivity index (χ2n) is 8.12. The highest BCUT2D eigenvalue weighted by atomic mass is 35.5. The Morgan fingerprint density at radius 1 is 1.24 bits per heavy atom. The molecule has 0 atom stereocenters. The van der Waals surface area contributed by atoms with Crippen LogP contribution in [0.15, 0.2) is 30.3 Å². The molecule has 0 N–H and O–H groups in total. The molecule has 1 saturated heterocycles. The predicted octanol–water partition coefficient (Wildman–Crippen LogP) is 5.82. The highest BCUT2D eigenvalue weighted by Gasteiger charge is 2.43. The fourth-order valence-electron chi connectivity index (χ4n) is 4.31. The number of benzene rings is 2. The van der Waals surface area contributed by atoms with Crippen molar-refractivity contribution in [3.05, 3.63) is 52.0 Å². The van der Waals surface area contributed by atoms with E-state index in [-0.39, 0.29) is 5.78 Å². The summed E-state index contributed by atoms with van der Waals surface area (Å²) in [5, 5.41) is 1.68. The van der Waals surface area contributed by atoms with E-state index in [9.17, 15) is 4.79 Å². The van der Waals surface area contributed by atoms with Crippen LogP contribution in [0.4, 0.5) is 5.13 Å². The maximum Gasteiger partial charge on any atom is 0.186 e. The van der Waals surface area contributed by atoms with E-state index in [0.29, 0.717) is 22.8 Å². The van der Waals surface area contributed by atoms with Gasteiger partial charge in [-0.15, -0.1) is 0 Å². The van der Waals surface area contributed by atoms with Crippen LogP contribution in [0.3, 0.4) is 0 Å². The Labute approximate surface area is 179 Å². The number of piperidine rings is 1. The highest BCUT2D eigenvalue weighted by molar-refractivity contribution is 7.22. The summed E-state index contributed by atoms with van der Waals surface area (Å²) in [5.41, 5.74) is 3.55. The Kier molecular flexibility index (Phi) is 4.56. The van der Waals surface area contributed by atoms with E-state index in [1.807, 2.05) is 13.0 Å². The Morgan fingerprint density at radius 2 is 2.03 bits per heavy atom. The van der Waals surface area contributed by atoms with E-state index >= 15 is 0 Å². The highest BCUT2D eigenvalue weighted by Crippen LogP contribution is 2.42. The number of hydrogen-bond donors (Lipinski definition) is 0. The number of fused-ring (bicyclic) bond motifs is 2. The lowest BCUT2D eigenvalue weighted by molar-refractivity contribution is 0.0232. The van der Waals surface area contributed by atoms with Gasteiger partial charge in [0.05, 0.1) is 22.2 Å². The van der Waals surface area contributed by atoms with Crippen LogP contribution >= 0.6 is 22.9 Å². The second kappa shape index (κ2) is 6.99. The van der Waals surface area contributed by atoms with Gasteiger partial charge in [-0.1, -0.05) is 35.9 Å². The summed E-state index contributed by atoms with van der Waals surface area (Å²) in [4.78, 5) is 20.0. The molecule has 1 spiro atoms. The zero-order valence-electron chi connectivity index (χ0n) is 16.6. The van der Waals surface area contributed by atoms with Gasteiger partial charge < -0.3 is 9.64 Å². The van der Waals surface area contributed by atoms with E-state index in [1.165, 1.54) is 10.3 Å². The lowest BCUT2D eigenvalue weighted by Crippen LogP contribution is -2.51. The molecule has 1 fully saturated rings. The third kappa shape index (κ3) is 3.30. The first kappa shape index (κ1) is 18.9. The van der Waals surface area contributed by atoms with Crippen LogP contribution in [0.5, 0.6) is 5.75 Å². The topological polar surface area (TPSA) is 42.4 Å². The van der Waals surface area contributed by atoms with Crippen LogP contribution in [0.2, 0.25) is 5.02 Å². The maximum atomic E-state index is 12.8. The molecule has 0 saturated carbocycles. The van der Waals surface area contributed by atoms with Gasteiger partial charge in [0.1, 0.15) is 11.4 Å². The van der Waals surface area contributed by atoms with Crippen molar-refractivity contribution in [3.63, 3.8) is 0 Å². The number of carbonyl (C=O) groups excluding carboxylic acids is 1. The Hall–Kier alpha value is -2.11. The van der Waals surface area contributed by atoms with E-state index < -0.39 is 5.60 Å². The number of rotatable bonds is 2. The number of hydrogen-bond acceptors (Lipinski definition) is 5. The molecule has 0 aliphatic carbocycles. The number of halogens is 1. The molecule has 29 heavy (non-hydrogen) atoms. The molecule has 3 aromatic rings. The lowest BCUT2D eigenvalue weighted by Gasteiger charge is -2.44. The number of anilines is 1. The molecule has 2 aliphatic heterocycles. The number of ketones is 1. The van der Waals surface area contributed by atoms with Gasteiger partial charge in [-0.2, -0.15) is 0 Å². The Balaban J connectivity index is 1.36. The van der Waals surface area contributed by atoms with Crippen molar-refractivity contribution in [2.24, 2.45) is 0 Å². The van der Waals surface area contributed by atoms with Crippen LogP contribution in [0, 0.1) is 6.92 Å². The molecule has 2 aliphatic rings. The smallest absolute Gasteiger partial charge is 0.186 e. The molecule has 1 aromatic heterocycles. The number of carbonyl (C=O) groups is 1. The fraction of sp³-hybridized carbons (Fsp3) is 0.391. The number of ether oxygens (including phenoxy) is 1. The van der Waals surface area contributed by atoms with E-state index in [4.69, 9.17) is 21.3 Å². The molecule has 0 unspecified atom stereocenters. The minimum atomic E-state index is -0.410. The van der Waals surface area contributed by atoms with Crippen LogP contribution in [-0.4, -0.2) is 29.5 Å². The van der Waals surface area contributed by atoms with Crippen molar-refractivity contribution >= 4 is 44.1 Å². The monoisotopic (exact) mass is 426 g/mol. The van der Waals surface area contributed by atoms with Gasteiger partial charge in [0.15, 0.2) is 10.9 Å². The van der Waals surface area contributed by atoms with Gasteiger partial charge in [-0.3, -0.25) is 4.79 Å². The quantitative estimate of drug-likeness (QED) is 0.517. The molecule has 0 bridgehead atoms. The SMILES string of the molecule is CCc1ccc2nc(N3CCC4(CC3)CC(=O)c3cc(Cl)c(C)cc3O4)sc2c1. The molecular formula is C23H23ClN2O2S. The van der Waals surface area contributed by atoms with Crippen molar-refractivity contribution < 1.29 is 9.53 Å². The third-order valence-electron chi connectivity index (χ3n) is 6.17. The van der Waals surface area contributed by atoms with Crippen molar-refractivity contribution in [1.82, 2.24) is 4.98 Å². The summed E-state index contributed by atoms with van der Waals surface area (Å²) in [6, 6.07) is 10.2. The number of thiazole rings is 1. The summed E-state index contributed by atoms with van der Waals surface area (Å²) in [7, 11) is 0.